The number of hydrogen-bond acceptors (Lipinski definition) is 5. The molecule has 0 fully saturated rings. The van der Waals surface area contributed by atoms with Gasteiger partial charge in [-0.1, -0.05) is 60.7 Å². The van der Waals surface area contributed by atoms with Crippen LogP contribution in [-0.4, -0.2) is 0 Å². The second kappa shape index (κ2) is 11.9. The monoisotopic (exact) mass is 672 g/mol. The second-order valence-electron chi connectivity index (χ2n) is 12.1. The average Bonchev–Trinajstić information content (AvgIpc) is 3.92. The van der Waals surface area contributed by atoms with E-state index in [2.05, 4.69) is 97.1 Å². The zero-order valence-corrected chi connectivity index (χ0v) is 29.0. The van der Waals surface area contributed by atoms with E-state index in [0.717, 1.165) is 0 Å². The first-order chi connectivity index (χ1) is 22.3. The summed E-state index contributed by atoms with van der Waals surface area (Å²) in [5, 5.41) is 0. The second-order valence-corrected chi connectivity index (χ2v) is 17.6. The Morgan fingerprint density at radius 2 is 0.778 bits per heavy atom. The largest absolute Gasteiger partial charge is 0.139 e. The molecule has 0 radical (unpaired) electrons. The van der Waals surface area contributed by atoms with Gasteiger partial charge in [-0.25, -0.2) is 0 Å². The maximum atomic E-state index is 2.48. The summed E-state index contributed by atoms with van der Waals surface area (Å²) in [6.45, 7) is 0. The molecule has 0 bridgehead atoms. The molecule has 9 rings (SSSR count). The number of benzene rings is 2. The number of aryl methyl sites for hydroxylation is 4. The molecular weight excluding hydrogens is 641 g/mol. The van der Waals surface area contributed by atoms with E-state index in [4.69, 9.17) is 0 Å². The first kappa shape index (κ1) is 28.2. The van der Waals surface area contributed by atoms with E-state index in [1.54, 1.807) is 20.9 Å². The van der Waals surface area contributed by atoms with E-state index in [1.807, 2.05) is 56.7 Å². The minimum atomic E-state index is 1.24. The van der Waals surface area contributed by atoms with Crippen molar-refractivity contribution in [3.63, 3.8) is 0 Å². The molecular formula is C40H32S5. The first-order valence-electron chi connectivity index (χ1n) is 16.0. The lowest BCUT2D eigenvalue weighted by atomic mass is 9.94. The Morgan fingerprint density at radius 3 is 1.22 bits per heavy atom. The van der Waals surface area contributed by atoms with Crippen LogP contribution in [0.25, 0.3) is 61.3 Å². The van der Waals surface area contributed by atoms with E-state index in [-0.39, 0.29) is 0 Å². The van der Waals surface area contributed by atoms with Gasteiger partial charge in [-0.2, -0.15) is 0 Å². The highest BCUT2D eigenvalue weighted by molar-refractivity contribution is 7.30. The standard InChI is InChI=1S/C40H32S5/c1-3-11-25(12-4-1)37-38(26-13-5-2-6-14-26)40(34-22-20-32(44-34)36-24-28-16-8-10-18-30(28)42-36)45-39(37)33-21-19-31(43-33)35-23-27-15-7-9-17-29(27)41-35/h1-6,11-14,19-24H,7-10,15-18H2. The summed E-state index contributed by atoms with van der Waals surface area (Å²) in [7, 11) is 0. The molecule has 0 atom stereocenters. The summed E-state index contributed by atoms with van der Waals surface area (Å²) >= 11 is 9.97. The molecule has 2 aromatic carbocycles. The van der Waals surface area contributed by atoms with Crippen LogP contribution in [0.1, 0.15) is 46.6 Å². The highest BCUT2D eigenvalue weighted by Gasteiger charge is 2.26. The summed E-state index contributed by atoms with van der Waals surface area (Å²) < 4.78 is 0. The van der Waals surface area contributed by atoms with Crippen molar-refractivity contribution in [1.29, 1.82) is 0 Å². The predicted octanol–water partition coefficient (Wildman–Crippen LogP) is 13.8. The third-order valence-corrected chi connectivity index (χ3v) is 15.8. The van der Waals surface area contributed by atoms with Crippen molar-refractivity contribution < 1.29 is 0 Å². The summed E-state index contributed by atoms with van der Waals surface area (Å²) in [6.07, 6.45) is 10.3. The molecule has 0 aliphatic heterocycles. The Hall–Kier alpha value is -3.06. The van der Waals surface area contributed by atoms with Crippen LogP contribution >= 0.6 is 56.7 Å². The third-order valence-electron chi connectivity index (χ3n) is 9.17. The van der Waals surface area contributed by atoms with Gasteiger partial charge in [0.25, 0.3) is 0 Å². The summed E-state index contributed by atoms with van der Waals surface area (Å²) in [5.74, 6) is 0. The minimum Gasteiger partial charge on any atom is -0.139 e. The van der Waals surface area contributed by atoms with Crippen molar-refractivity contribution in [3.05, 3.63) is 118 Å². The maximum absolute atomic E-state index is 2.48. The molecule has 5 aromatic heterocycles. The number of fused-ring (bicyclic) bond motifs is 2. The van der Waals surface area contributed by atoms with Crippen LogP contribution in [0.4, 0.5) is 0 Å². The van der Waals surface area contributed by atoms with E-state index in [0.29, 0.717) is 0 Å². The smallest absolute Gasteiger partial charge is 0.0534 e. The van der Waals surface area contributed by atoms with Crippen LogP contribution < -0.4 is 0 Å². The predicted molar refractivity (Wildman–Crippen MR) is 202 cm³/mol. The Balaban J connectivity index is 1.21. The number of thiophene rings is 5. The molecule has 7 aromatic rings. The quantitative estimate of drug-likeness (QED) is 0.165. The van der Waals surface area contributed by atoms with Gasteiger partial charge in [0.1, 0.15) is 0 Å². The van der Waals surface area contributed by atoms with E-state index in [1.165, 1.54) is 113 Å². The molecule has 2 aliphatic rings. The molecule has 0 N–H and O–H groups in total. The van der Waals surface area contributed by atoms with Crippen molar-refractivity contribution in [2.24, 2.45) is 0 Å². The molecule has 5 heteroatoms. The molecule has 45 heavy (non-hydrogen) atoms. The fraction of sp³-hybridized carbons (Fsp3) is 0.200. The van der Waals surface area contributed by atoms with Gasteiger partial charge in [-0.3, -0.25) is 0 Å². The summed E-state index contributed by atoms with van der Waals surface area (Å²) in [4.78, 5) is 14.4. The normalized spacial score (nSPS) is 14.4. The van der Waals surface area contributed by atoms with E-state index in [9.17, 15) is 0 Å². The SMILES string of the molecule is c1ccc(-c2c(-c3ccc(-c4cc5c(s4)CCCC5)s3)sc(-c3ccc(-c4cc5c(s4)CCCC5)s3)c2-c2ccccc2)cc1. The summed E-state index contributed by atoms with van der Waals surface area (Å²) in [6, 6.07) is 36.6. The van der Waals surface area contributed by atoms with Crippen LogP contribution in [-0.2, 0) is 25.7 Å². The van der Waals surface area contributed by atoms with Crippen LogP contribution in [0.2, 0.25) is 0 Å². The van der Waals surface area contributed by atoms with Gasteiger partial charge >= 0.3 is 0 Å². The Kier molecular flexibility index (Phi) is 7.48. The average molecular weight is 673 g/mol. The molecule has 2 aliphatic carbocycles. The maximum Gasteiger partial charge on any atom is 0.0534 e. The van der Waals surface area contributed by atoms with Gasteiger partial charge in [0.2, 0.25) is 0 Å². The number of rotatable bonds is 6. The lowest BCUT2D eigenvalue weighted by Crippen LogP contribution is -1.96. The Labute approximate surface area is 285 Å². The molecule has 0 amide bonds. The topological polar surface area (TPSA) is 0 Å². The Bertz CT molecular complexity index is 1910. The van der Waals surface area contributed by atoms with Gasteiger partial charge in [0.05, 0.1) is 9.75 Å². The molecule has 0 unspecified atom stereocenters. The third kappa shape index (κ3) is 5.23. The van der Waals surface area contributed by atoms with Crippen molar-refractivity contribution in [1.82, 2.24) is 0 Å². The highest BCUT2D eigenvalue weighted by Crippen LogP contribution is 2.55. The number of hydrogen-bond donors (Lipinski definition) is 0. The van der Waals surface area contributed by atoms with Gasteiger partial charge in [0.15, 0.2) is 0 Å². The highest BCUT2D eigenvalue weighted by atomic mass is 32.1. The van der Waals surface area contributed by atoms with Crippen LogP contribution in [0, 0.1) is 0 Å². The van der Waals surface area contributed by atoms with Gasteiger partial charge in [-0.15, -0.1) is 56.7 Å². The Morgan fingerprint density at radius 1 is 0.356 bits per heavy atom. The van der Waals surface area contributed by atoms with E-state index >= 15 is 0 Å². The zero-order valence-electron chi connectivity index (χ0n) is 24.9. The van der Waals surface area contributed by atoms with Crippen molar-refractivity contribution in [3.8, 4) is 61.3 Å². The lowest BCUT2D eigenvalue weighted by Gasteiger charge is -2.09. The van der Waals surface area contributed by atoms with Crippen LogP contribution in [0.15, 0.2) is 97.1 Å². The van der Waals surface area contributed by atoms with Crippen molar-refractivity contribution >= 4 is 56.7 Å². The van der Waals surface area contributed by atoms with Crippen molar-refractivity contribution in [2.45, 2.75) is 51.4 Å². The van der Waals surface area contributed by atoms with Gasteiger partial charge < -0.3 is 0 Å². The molecule has 222 valence electrons. The summed E-state index contributed by atoms with van der Waals surface area (Å²) in [5.41, 5.74) is 8.48. The van der Waals surface area contributed by atoms with Gasteiger partial charge in [0, 0.05) is 50.1 Å². The molecule has 0 spiro atoms. The molecule has 0 nitrogen and oxygen atoms in total. The minimum absolute atomic E-state index is 1.24. The zero-order chi connectivity index (χ0) is 29.7. The van der Waals surface area contributed by atoms with E-state index < -0.39 is 0 Å². The lowest BCUT2D eigenvalue weighted by molar-refractivity contribution is 0.697. The van der Waals surface area contributed by atoms with Crippen LogP contribution in [0.3, 0.4) is 0 Å². The molecule has 5 heterocycles. The van der Waals surface area contributed by atoms with Gasteiger partial charge in [-0.05, 0) is 110 Å². The molecule has 0 saturated carbocycles. The fourth-order valence-electron chi connectivity index (χ4n) is 6.95. The first-order valence-corrected chi connectivity index (χ1v) is 20.1. The fourth-order valence-corrected chi connectivity index (χ4v) is 13.2. The van der Waals surface area contributed by atoms with Crippen molar-refractivity contribution in [2.75, 3.05) is 0 Å². The van der Waals surface area contributed by atoms with Crippen LogP contribution in [0.5, 0.6) is 0 Å². The molecule has 0 saturated heterocycles.